The highest BCUT2D eigenvalue weighted by molar-refractivity contribution is 7.97. The van der Waals surface area contributed by atoms with Crippen LogP contribution in [-0.2, 0) is 13.1 Å². The van der Waals surface area contributed by atoms with Crippen molar-refractivity contribution in [3.63, 3.8) is 0 Å². The number of hydrogen-bond donors (Lipinski definition) is 0. The quantitative estimate of drug-likeness (QED) is 0.169. The van der Waals surface area contributed by atoms with Gasteiger partial charge in [0.1, 0.15) is 5.69 Å². The average Bonchev–Trinajstić information content (AvgIpc) is 2.84. The van der Waals surface area contributed by atoms with Gasteiger partial charge in [0.05, 0.1) is 0 Å². The maximum absolute atomic E-state index is 10.8. The normalized spacial score (nSPS) is 12.0. The van der Waals surface area contributed by atoms with E-state index in [1.807, 2.05) is 12.1 Å². The molecule has 0 saturated carbocycles. The van der Waals surface area contributed by atoms with Crippen LogP contribution in [0.3, 0.4) is 0 Å². The number of nitroso groups, excluding NO2 is 1. The average molecular weight is 490 g/mol. The van der Waals surface area contributed by atoms with Crippen molar-refractivity contribution in [3.05, 3.63) is 101 Å². The molecule has 0 aliphatic heterocycles. The molecule has 0 aliphatic rings. The van der Waals surface area contributed by atoms with Crippen LogP contribution in [0.2, 0.25) is 0 Å². The Morgan fingerprint density at radius 2 is 1.37 bits per heavy atom. The maximum Gasteiger partial charge on any atom is 0.108 e. The molecule has 0 N–H and O–H groups in total. The smallest absolute Gasteiger partial charge is 0.108 e. The van der Waals surface area contributed by atoms with E-state index >= 15 is 0 Å². The highest BCUT2D eigenvalue weighted by Crippen LogP contribution is 2.31. The van der Waals surface area contributed by atoms with Crippen LogP contribution in [0.15, 0.2) is 95.0 Å². The van der Waals surface area contributed by atoms with Crippen LogP contribution in [0, 0.1) is 16.2 Å². The van der Waals surface area contributed by atoms with Crippen molar-refractivity contribution in [2.45, 2.75) is 52.1 Å². The summed E-state index contributed by atoms with van der Waals surface area (Å²) >= 11 is 1.78. The second-order valence-electron chi connectivity index (χ2n) is 10.5. The largest absolute Gasteiger partial charge is 0.295 e. The summed E-state index contributed by atoms with van der Waals surface area (Å²) in [4.78, 5) is 14.5. The number of rotatable bonds is 14. The summed E-state index contributed by atoms with van der Waals surface area (Å²) in [6.07, 6.45) is 1.11. The zero-order valence-corrected chi connectivity index (χ0v) is 22.4. The van der Waals surface area contributed by atoms with Gasteiger partial charge in [0, 0.05) is 31.1 Å². The van der Waals surface area contributed by atoms with Gasteiger partial charge in [-0.05, 0) is 76.8 Å². The molecular formula is C30H39N3OS. The maximum atomic E-state index is 10.8. The molecule has 0 aliphatic carbocycles. The minimum Gasteiger partial charge on any atom is -0.295 e. The number of benzene rings is 3. The van der Waals surface area contributed by atoms with Crippen molar-refractivity contribution >= 4 is 17.6 Å². The molecule has 0 fully saturated rings. The standard InChI is InChI=1S/C30H39N3OS/c1-25(2)21-33(35-29-17-15-28(31-34)16-18-29)24-30(3,4)19-20-32(22-26-11-7-5-8-12-26)23-27-13-9-6-10-14-27/h5-18,25H,19-24H2,1-4H3. The fraction of sp³-hybridized carbons (Fsp3) is 0.400. The van der Waals surface area contributed by atoms with Gasteiger partial charge in [-0.2, -0.15) is 0 Å². The molecule has 186 valence electrons. The molecule has 3 aromatic rings. The van der Waals surface area contributed by atoms with Crippen molar-refractivity contribution in [1.82, 2.24) is 9.21 Å². The third-order valence-electron chi connectivity index (χ3n) is 5.95. The van der Waals surface area contributed by atoms with Gasteiger partial charge in [0.2, 0.25) is 0 Å². The molecule has 35 heavy (non-hydrogen) atoms. The van der Waals surface area contributed by atoms with Gasteiger partial charge >= 0.3 is 0 Å². The summed E-state index contributed by atoms with van der Waals surface area (Å²) in [5, 5.41) is 3.02. The molecular weight excluding hydrogens is 450 g/mol. The Kier molecular flexibility index (Phi) is 10.5. The lowest BCUT2D eigenvalue weighted by molar-refractivity contribution is 0.180. The van der Waals surface area contributed by atoms with Gasteiger partial charge in [-0.25, -0.2) is 4.31 Å². The van der Waals surface area contributed by atoms with E-state index < -0.39 is 0 Å². The lowest BCUT2D eigenvalue weighted by Gasteiger charge is -2.35. The third kappa shape index (κ3) is 9.96. The van der Waals surface area contributed by atoms with E-state index in [4.69, 9.17) is 0 Å². The minimum absolute atomic E-state index is 0.151. The first-order chi connectivity index (χ1) is 16.8. The summed E-state index contributed by atoms with van der Waals surface area (Å²) in [6, 6.07) is 29.1. The molecule has 5 heteroatoms. The molecule has 0 aromatic heterocycles. The zero-order chi connectivity index (χ0) is 25.1. The predicted octanol–water partition coefficient (Wildman–Crippen LogP) is 8.17. The van der Waals surface area contributed by atoms with Crippen molar-refractivity contribution in [2.24, 2.45) is 16.5 Å². The van der Waals surface area contributed by atoms with E-state index in [2.05, 4.69) is 103 Å². The van der Waals surface area contributed by atoms with Crippen molar-refractivity contribution in [1.29, 1.82) is 0 Å². The number of nitrogens with zero attached hydrogens (tertiary/aromatic N) is 3. The minimum atomic E-state index is 0.151. The van der Waals surface area contributed by atoms with Gasteiger partial charge < -0.3 is 0 Å². The van der Waals surface area contributed by atoms with Crippen LogP contribution in [0.4, 0.5) is 5.69 Å². The van der Waals surface area contributed by atoms with Gasteiger partial charge in [0.25, 0.3) is 0 Å². The van der Waals surface area contributed by atoms with E-state index in [-0.39, 0.29) is 5.41 Å². The molecule has 3 rings (SSSR count). The summed E-state index contributed by atoms with van der Waals surface area (Å²) in [6.45, 7) is 14.2. The zero-order valence-electron chi connectivity index (χ0n) is 21.6. The highest BCUT2D eigenvalue weighted by Gasteiger charge is 2.24. The van der Waals surface area contributed by atoms with Gasteiger partial charge in [0.15, 0.2) is 0 Å². The summed E-state index contributed by atoms with van der Waals surface area (Å²) in [5.74, 6) is 0.571. The van der Waals surface area contributed by atoms with Gasteiger partial charge in [-0.1, -0.05) is 88.4 Å². The number of hydrogen-bond acceptors (Lipinski definition) is 5. The van der Waals surface area contributed by atoms with Crippen LogP contribution in [0.1, 0.15) is 45.2 Å². The van der Waals surface area contributed by atoms with E-state index in [9.17, 15) is 4.91 Å². The Hall–Kier alpha value is -2.47. The summed E-state index contributed by atoms with van der Waals surface area (Å²) in [5.41, 5.74) is 3.33. The molecule has 0 atom stereocenters. The monoisotopic (exact) mass is 489 g/mol. The fourth-order valence-corrected chi connectivity index (χ4v) is 5.52. The Balaban J connectivity index is 1.65. The van der Waals surface area contributed by atoms with Gasteiger partial charge in [-0.15, -0.1) is 4.91 Å². The second kappa shape index (κ2) is 13.6. The molecule has 0 amide bonds. The molecule has 0 radical (unpaired) electrons. The third-order valence-corrected chi connectivity index (χ3v) is 6.97. The lowest BCUT2D eigenvalue weighted by Crippen LogP contribution is -2.35. The first-order valence-corrected chi connectivity index (χ1v) is 13.3. The van der Waals surface area contributed by atoms with Crippen molar-refractivity contribution in [3.8, 4) is 0 Å². The van der Waals surface area contributed by atoms with Gasteiger partial charge in [-0.3, -0.25) is 4.90 Å². The molecule has 0 bridgehead atoms. The van der Waals surface area contributed by atoms with Crippen molar-refractivity contribution < 1.29 is 0 Å². The molecule has 0 heterocycles. The SMILES string of the molecule is CC(C)CN(CC(C)(C)CCN(Cc1ccccc1)Cc1ccccc1)Sc1ccc(N=O)cc1. The lowest BCUT2D eigenvalue weighted by atomic mass is 9.88. The molecule has 0 spiro atoms. The first-order valence-electron chi connectivity index (χ1n) is 12.5. The van der Waals surface area contributed by atoms with Crippen LogP contribution < -0.4 is 0 Å². The Labute approximate surface area is 215 Å². The fourth-order valence-electron chi connectivity index (χ4n) is 4.17. The summed E-state index contributed by atoms with van der Waals surface area (Å²) in [7, 11) is 0. The highest BCUT2D eigenvalue weighted by atomic mass is 32.2. The van der Waals surface area contributed by atoms with Crippen LogP contribution in [0.25, 0.3) is 0 Å². The van der Waals surface area contributed by atoms with E-state index in [0.29, 0.717) is 11.6 Å². The Morgan fingerprint density at radius 1 is 0.829 bits per heavy atom. The Bertz CT molecular complexity index is 965. The van der Waals surface area contributed by atoms with Crippen molar-refractivity contribution in [2.75, 3.05) is 19.6 Å². The molecule has 0 unspecified atom stereocenters. The van der Waals surface area contributed by atoms with E-state index in [1.54, 1.807) is 24.1 Å². The second-order valence-corrected chi connectivity index (χ2v) is 11.7. The first kappa shape index (κ1) is 27.1. The Morgan fingerprint density at radius 3 is 1.86 bits per heavy atom. The predicted molar refractivity (Wildman–Crippen MR) is 150 cm³/mol. The molecule has 4 nitrogen and oxygen atoms in total. The van der Waals surface area contributed by atoms with Crippen LogP contribution in [-0.4, -0.2) is 28.8 Å². The van der Waals surface area contributed by atoms with Crippen LogP contribution in [0.5, 0.6) is 0 Å². The van der Waals surface area contributed by atoms with E-state index in [1.165, 1.54) is 11.1 Å². The van der Waals surface area contributed by atoms with E-state index in [0.717, 1.165) is 44.0 Å². The van der Waals surface area contributed by atoms with Crippen LogP contribution >= 0.6 is 11.9 Å². The topological polar surface area (TPSA) is 35.9 Å². The molecule has 3 aromatic carbocycles. The molecule has 0 saturated heterocycles. The summed E-state index contributed by atoms with van der Waals surface area (Å²) < 4.78 is 2.48.